The second-order valence-corrected chi connectivity index (χ2v) is 5.50. The Morgan fingerprint density at radius 1 is 1.36 bits per heavy atom. The minimum Gasteiger partial charge on any atom is -0.333 e. The minimum absolute atomic E-state index is 0.0174. The van der Waals surface area contributed by atoms with Crippen LogP contribution in [0.3, 0.4) is 0 Å². The zero-order valence-electron chi connectivity index (χ0n) is 12.4. The molecule has 0 bridgehead atoms. The van der Waals surface area contributed by atoms with Crippen LogP contribution in [0.4, 0.5) is 5.95 Å². The van der Waals surface area contributed by atoms with Crippen molar-refractivity contribution in [3.63, 3.8) is 0 Å². The fourth-order valence-electron chi connectivity index (χ4n) is 2.70. The van der Waals surface area contributed by atoms with Crippen LogP contribution in [-0.4, -0.2) is 39.4 Å². The highest BCUT2D eigenvalue weighted by Crippen LogP contribution is 2.27. The molecule has 1 aliphatic heterocycles. The lowest BCUT2D eigenvalue weighted by atomic mass is 9.99. The molecule has 0 radical (unpaired) electrons. The number of aromatic nitrogens is 2. The Hall–Kier alpha value is -2.63. The lowest BCUT2D eigenvalue weighted by Gasteiger charge is -2.16. The topological polar surface area (TPSA) is 67.2 Å². The third-order valence-electron chi connectivity index (χ3n) is 3.89. The summed E-state index contributed by atoms with van der Waals surface area (Å²) < 4.78 is 1.72. The Morgan fingerprint density at radius 3 is 2.82 bits per heavy atom. The Kier molecular flexibility index (Phi) is 3.91. The van der Waals surface area contributed by atoms with Gasteiger partial charge >= 0.3 is 0 Å². The monoisotopic (exact) mass is 298 g/mol. The molecule has 1 unspecified atom stereocenters. The minimum atomic E-state index is -0.226. The molecule has 2 amide bonds. The van der Waals surface area contributed by atoms with Crippen molar-refractivity contribution < 1.29 is 9.59 Å². The highest BCUT2D eigenvalue weighted by atomic mass is 16.2. The molecule has 1 fully saturated rings. The van der Waals surface area contributed by atoms with Crippen molar-refractivity contribution in [2.24, 2.45) is 7.05 Å². The number of carbonyl (C=O) groups is 2. The first-order chi connectivity index (χ1) is 10.6. The number of hydrogen-bond acceptors (Lipinski definition) is 3. The van der Waals surface area contributed by atoms with Gasteiger partial charge in [-0.15, -0.1) is 0 Å². The summed E-state index contributed by atoms with van der Waals surface area (Å²) in [6.07, 6.45) is 3.82. The van der Waals surface area contributed by atoms with E-state index in [1.807, 2.05) is 30.3 Å². The molecule has 1 aliphatic rings. The van der Waals surface area contributed by atoms with Crippen LogP contribution in [0.5, 0.6) is 0 Å². The van der Waals surface area contributed by atoms with Gasteiger partial charge in [0, 0.05) is 38.3 Å². The van der Waals surface area contributed by atoms with E-state index in [1.165, 1.54) is 0 Å². The van der Waals surface area contributed by atoms with Gasteiger partial charge in [0.05, 0.1) is 6.54 Å². The van der Waals surface area contributed by atoms with Crippen LogP contribution >= 0.6 is 0 Å². The molecule has 1 N–H and O–H groups in total. The molecule has 114 valence electrons. The smallest absolute Gasteiger partial charge is 0.246 e. The van der Waals surface area contributed by atoms with Crippen molar-refractivity contribution in [1.29, 1.82) is 0 Å². The Bertz CT molecular complexity index is 680. The maximum atomic E-state index is 12.1. The zero-order valence-corrected chi connectivity index (χ0v) is 12.4. The number of amides is 2. The second kappa shape index (κ2) is 6.01. The normalized spacial score (nSPS) is 17.8. The molecule has 6 nitrogen and oxygen atoms in total. The molecule has 6 heteroatoms. The number of nitrogens with one attached hydrogen (secondary N) is 1. The summed E-state index contributed by atoms with van der Waals surface area (Å²) in [5, 5.41) is 2.71. The summed E-state index contributed by atoms with van der Waals surface area (Å²) >= 11 is 0. The van der Waals surface area contributed by atoms with E-state index in [-0.39, 0.29) is 24.3 Å². The van der Waals surface area contributed by atoms with Crippen molar-refractivity contribution in [2.75, 3.05) is 18.4 Å². The van der Waals surface area contributed by atoms with Crippen LogP contribution in [0.2, 0.25) is 0 Å². The van der Waals surface area contributed by atoms with Crippen molar-refractivity contribution in [3.05, 3.63) is 48.3 Å². The van der Waals surface area contributed by atoms with Crippen molar-refractivity contribution >= 4 is 17.8 Å². The average molecular weight is 298 g/mol. The summed E-state index contributed by atoms with van der Waals surface area (Å²) in [6, 6.07) is 9.94. The number of likely N-dealkylation sites (tertiary alicyclic amines) is 1. The molecule has 2 heterocycles. The highest BCUT2D eigenvalue weighted by Gasteiger charge is 2.31. The zero-order chi connectivity index (χ0) is 15.5. The molecule has 0 aliphatic carbocycles. The predicted octanol–water partition coefficient (Wildman–Crippen LogP) is 1.37. The van der Waals surface area contributed by atoms with Crippen LogP contribution in [0.15, 0.2) is 42.7 Å². The quantitative estimate of drug-likeness (QED) is 0.927. The fraction of sp³-hybridized carbons (Fsp3) is 0.312. The SMILES string of the molecule is Cn1ccnc1NC(=O)CN1CC(c2ccccc2)CC1=O. The number of rotatable bonds is 4. The second-order valence-electron chi connectivity index (χ2n) is 5.50. The van der Waals surface area contributed by atoms with Crippen LogP contribution in [0, 0.1) is 0 Å². The number of imidazole rings is 1. The Labute approximate surface area is 128 Å². The summed E-state index contributed by atoms with van der Waals surface area (Å²) in [7, 11) is 1.80. The van der Waals surface area contributed by atoms with Gasteiger partial charge in [-0.05, 0) is 5.56 Å². The first-order valence-electron chi connectivity index (χ1n) is 7.23. The van der Waals surface area contributed by atoms with Gasteiger partial charge in [0.15, 0.2) is 0 Å². The number of carbonyl (C=O) groups excluding carboxylic acids is 2. The molecule has 3 rings (SSSR count). The van der Waals surface area contributed by atoms with Crippen LogP contribution in [0.1, 0.15) is 17.9 Å². The van der Waals surface area contributed by atoms with E-state index < -0.39 is 0 Å². The lowest BCUT2D eigenvalue weighted by molar-refractivity contribution is -0.131. The summed E-state index contributed by atoms with van der Waals surface area (Å²) in [5.41, 5.74) is 1.14. The molecule has 1 saturated heterocycles. The number of hydrogen-bond donors (Lipinski definition) is 1. The van der Waals surface area contributed by atoms with Crippen LogP contribution in [0.25, 0.3) is 0 Å². The molecule has 1 aromatic carbocycles. The van der Waals surface area contributed by atoms with Gasteiger partial charge in [-0.25, -0.2) is 4.98 Å². The van der Waals surface area contributed by atoms with Crippen LogP contribution < -0.4 is 5.32 Å². The van der Waals surface area contributed by atoms with E-state index >= 15 is 0 Å². The summed E-state index contributed by atoms with van der Waals surface area (Å²) in [5.74, 6) is 0.436. The first kappa shape index (κ1) is 14.3. The Morgan fingerprint density at radius 2 is 2.14 bits per heavy atom. The van der Waals surface area contributed by atoms with Gasteiger partial charge in [-0.3, -0.25) is 14.9 Å². The van der Waals surface area contributed by atoms with E-state index in [9.17, 15) is 9.59 Å². The van der Waals surface area contributed by atoms with E-state index in [0.717, 1.165) is 5.56 Å². The fourth-order valence-corrected chi connectivity index (χ4v) is 2.70. The van der Waals surface area contributed by atoms with Crippen molar-refractivity contribution in [2.45, 2.75) is 12.3 Å². The summed E-state index contributed by atoms with van der Waals surface area (Å²) in [6.45, 7) is 0.645. The molecule has 0 spiro atoms. The van der Waals surface area contributed by atoms with Gasteiger partial charge in [0.2, 0.25) is 17.8 Å². The Balaban J connectivity index is 1.60. The van der Waals surface area contributed by atoms with Gasteiger partial charge in [-0.2, -0.15) is 0 Å². The molecular weight excluding hydrogens is 280 g/mol. The third-order valence-corrected chi connectivity index (χ3v) is 3.89. The maximum absolute atomic E-state index is 12.1. The van der Waals surface area contributed by atoms with E-state index in [0.29, 0.717) is 18.9 Å². The first-order valence-corrected chi connectivity index (χ1v) is 7.23. The van der Waals surface area contributed by atoms with Gasteiger partial charge in [0.1, 0.15) is 0 Å². The van der Waals surface area contributed by atoms with Crippen molar-refractivity contribution in [3.8, 4) is 0 Å². The van der Waals surface area contributed by atoms with Crippen molar-refractivity contribution in [1.82, 2.24) is 14.5 Å². The van der Waals surface area contributed by atoms with E-state index in [1.54, 1.807) is 28.9 Å². The highest BCUT2D eigenvalue weighted by molar-refractivity contribution is 5.94. The molecule has 1 aromatic heterocycles. The molecule has 1 atom stereocenters. The van der Waals surface area contributed by atoms with E-state index in [4.69, 9.17) is 0 Å². The lowest BCUT2D eigenvalue weighted by Crippen LogP contribution is -2.34. The van der Waals surface area contributed by atoms with Gasteiger partial charge in [-0.1, -0.05) is 30.3 Å². The molecule has 22 heavy (non-hydrogen) atoms. The standard InChI is InChI=1S/C16H18N4O2/c1-19-8-7-17-16(19)18-14(21)11-20-10-13(9-15(20)22)12-5-3-2-4-6-12/h2-8,13H,9-11H2,1H3,(H,17,18,21). The van der Waals surface area contributed by atoms with Crippen LogP contribution in [-0.2, 0) is 16.6 Å². The molecule has 2 aromatic rings. The van der Waals surface area contributed by atoms with Gasteiger partial charge in [0.25, 0.3) is 0 Å². The number of nitrogens with zero attached hydrogens (tertiary/aromatic N) is 3. The third kappa shape index (κ3) is 3.00. The maximum Gasteiger partial charge on any atom is 0.246 e. The largest absolute Gasteiger partial charge is 0.333 e. The predicted molar refractivity (Wildman–Crippen MR) is 82.2 cm³/mol. The molecule has 0 saturated carbocycles. The molecular formula is C16H18N4O2. The van der Waals surface area contributed by atoms with E-state index in [2.05, 4.69) is 10.3 Å². The summed E-state index contributed by atoms with van der Waals surface area (Å²) in [4.78, 5) is 29.8. The number of benzene rings is 1. The average Bonchev–Trinajstić information content (AvgIpc) is 3.07. The number of anilines is 1. The number of aryl methyl sites for hydroxylation is 1. The van der Waals surface area contributed by atoms with Gasteiger partial charge < -0.3 is 9.47 Å².